The Hall–Kier alpha value is -2.90. The average molecular weight is 387 g/mol. The Morgan fingerprint density at radius 2 is 2.07 bits per heavy atom. The van der Waals surface area contributed by atoms with Crippen LogP contribution in [0, 0.1) is 5.92 Å². The molecule has 1 amide bonds. The van der Waals surface area contributed by atoms with Crippen LogP contribution >= 0.6 is 0 Å². The van der Waals surface area contributed by atoms with Crippen molar-refractivity contribution in [3.8, 4) is 17.1 Å². The number of aliphatic carboxylic acids is 1. The average Bonchev–Trinajstić information content (AvgIpc) is 3.16. The molecule has 2 unspecified atom stereocenters. The number of carbonyl (C=O) groups excluding carboxylic acids is 1. The zero-order chi connectivity index (χ0) is 20.1. The zero-order valence-corrected chi connectivity index (χ0v) is 16.1. The van der Waals surface area contributed by atoms with Crippen LogP contribution in [0.3, 0.4) is 0 Å². The number of amides is 1. The molecule has 0 aliphatic carbocycles. The van der Waals surface area contributed by atoms with Gasteiger partial charge in [-0.3, -0.25) is 4.79 Å². The topological polar surface area (TPSA) is 106 Å². The summed E-state index contributed by atoms with van der Waals surface area (Å²) in [5.41, 5.74) is 0.792. The van der Waals surface area contributed by atoms with Gasteiger partial charge in [-0.1, -0.05) is 12.1 Å². The second kappa shape index (κ2) is 8.86. The van der Waals surface area contributed by atoms with Crippen molar-refractivity contribution in [1.29, 1.82) is 0 Å². The van der Waals surface area contributed by atoms with Gasteiger partial charge in [0.05, 0.1) is 6.61 Å². The molecule has 2 atom stereocenters. The third-order valence-electron chi connectivity index (χ3n) is 4.91. The molecule has 2 heterocycles. The summed E-state index contributed by atoms with van der Waals surface area (Å²) in [5.74, 6) is 0.730. The first-order valence-corrected chi connectivity index (χ1v) is 9.56. The van der Waals surface area contributed by atoms with Crippen molar-refractivity contribution in [3.05, 3.63) is 30.2 Å². The fourth-order valence-corrected chi connectivity index (χ4v) is 3.37. The first-order valence-electron chi connectivity index (χ1n) is 9.56. The Bertz CT molecular complexity index is 818. The second-order valence-electron chi connectivity index (χ2n) is 7.04. The van der Waals surface area contributed by atoms with Crippen LogP contribution in [0.15, 0.2) is 28.8 Å². The quantitative estimate of drug-likeness (QED) is 0.778. The number of aryl methyl sites for hydroxylation is 1. The molecule has 8 nitrogen and oxygen atoms in total. The van der Waals surface area contributed by atoms with Crippen molar-refractivity contribution in [2.24, 2.45) is 5.92 Å². The third kappa shape index (κ3) is 4.68. The first kappa shape index (κ1) is 19.9. The lowest BCUT2D eigenvalue weighted by atomic mass is 9.92. The highest BCUT2D eigenvalue weighted by Crippen LogP contribution is 2.24. The van der Waals surface area contributed by atoms with Crippen LogP contribution in [0.5, 0.6) is 5.75 Å². The van der Waals surface area contributed by atoms with Crippen molar-refractivity contribution in [2.45, 2.75) is 45.6 Å². The fourth-order valence-electron chi connectivity index (χ4n) is 3.37. The van der Waals surface area contributed by atoms with E-state index < -0.39 is 12.0 Å². The maximum Gasteiger partial charge on any atom is 0.326 e. The van der Waals surface area contributed by atoms with Gasteiger partial charge in [0.1, 0.15) is 11.8 Å². The molecule has 3 rings (SSSR count). The van der Waals surface area contributed by atoms with E-state index in [2.05, 4.69) is 10.1 Å². The van der Waals surface area contributed by atoms with E-state index in [-0.39, 0.29) is 18.7 Å². The second-order valence-corrected chi connectivity index (χ2v) is 7.04. The Morgan fingerprint density at radius 1 is 1.32 bits per heavy atom. The van der Waals surface area contributed by atoms with Crippen LogP contribution in [0.1, 0.15) is 39.0 Å². The van der Waals surface area contributed by atoms with Crippen LogP contribution in [0.4, 0.5) is 0 Å². The van der Waals surface area contributed by atoms with Gasteiger partial charge >= 0.3 is 5.97 Å². The molecule has 0 spiro atoms. The molecular weight excluding hydrogens is 362 g/mol. The van der Waals surface area contributed by atoms with E-state index in [0.29, 0.717) is 37.2 Å². The van der Waals surface area contributed by atoms with Crippen molar-refractivity contribution < 1.29 is 24.0 Å². The van der Waals surface area contributed by atoms with Crippen molar-refractivity contribution in [1.82, 2.24) is 15.0 Å². The number of nitrogens with zero attached hydrogens (tertiary/aromatic N) is 3. The molecule has 150 valence electrons. The van der Waals surface area contributed by atoms with E-state index in [0.717, 1.165) is 17.7 Å². The standard InChI is InChI=1S/C20H25N3O5/c1-3-27-15-6-4-14(5-7-15)19-21-17(28-22-19)8-9-18(24)23-11-10-13(2)12-16(23)20(25)26/h4-7,13,16H,3,8-12H2,1-2H3,(H,25,26). The molecule has 8 heteroatoms. The number of carboxylic acid groups (broad SMARTS) is 1. The van der Waals surface area contributed by atoms with Crippen molar-refractivity contribution in [3.63, 3.8) is 0 Å². The van der Waals surface area contributed by atoms with Gasteiger partial charge in [-0.2, -0.15) is 4.98 Å². The minimum atomic E-state index is -0.949. The van der Waals surface area contributed by atoms with Gasteiger partial charge in [0.25, 0.3) is 0 Å². The van der Waals surface area contributed by atoms with Gasteiger partial charge in [-0.15, -0.1) is 0 Å². The van der Waals surface area contributed by atoms with E-state index in [9.17, 15) is 14.7 Å². The van der Waals surface area contributed by atoms with Crippen LogP contribution in [-0.4, -0.2) is 51.2 Å². The monoisotopic (exact) mass is 387 g/mol. The third-order valence-corrected chi connectivity index (χ3v) is 4.91. The Balaban J connectivity index is 1.59. The highest BCUT2D eigenvalue weighted by Gasteiger charge is 2.34. The van der Waals surface area contributed by atoms with E-state index in [4.69, 9.17) is 9.26 Å². The van der Waals surface area contributed by atoms with Gasteiger partial charge in [0.2, 0.25) is 17.6 Å². The minimum Gasteiger partial charge on any atom is -0.494 e. The van der Waals surface area contributed by atoms with Gasteiger partial charge in [-0.25, -0.2) is 4.79 Å². The lowest BCUT2D eigenvalue weighted by Gasteiger charge is -2.36. The number of carbonyl (C=O) groups is 2. The summed E-state index contributed by atoms with van der Waals surface area (Å²) in [5, 5.41) is 13.4. The predicted molar refractivity (Wildman–Crippen MR) is 101 cm³/mol. The van der Waals surface area contributed by atoms with Crippen molar-refractivity contribution in [2.75, 3.05) is 13.2 Å². The molecule has 1 aliphatic heterocycles. The largest absolute Gasteiger partial charge is 0.494 e. The molecule has 2 aromatic rings. The van der Waals surface area contributed by atoms with E-state index in [1.54, 1.807) is 0 Å². The lowest BCUT2D eigenvalue weighted by molar-refractivity contribution is -0.153. The van der Waals surface area contributed by atoms with Gasteiger partial charge in [0.15, 0.2) is 0 Å². The SMILES string of the molecule is CCOc1ccc(-c2noc(CCC(=O)N3CCC(C)CC3C(=O)O)n2)cc1. The smallest absolute Gasteiger partial charge is 0.326 e. The van der Waals surface area contributed by atoms with Gasteiger partial charge < -0.3 is 19.3 Å². The minimum absolute atomic E-state index is 0.142. The lowest BCUT2D eigenvalue weighted by Crippen LogP contribution is -2.49. The summed E-state index contributed by atoms with van der Waals surface area (Å²) >= 11 is 0. The first-order chi connectivity index (χ1) is 13.5. The van der Waals surface area contributed by atoms with Crippen LogP contribution in [-0.2, 0) is 16.0 Å². The molecule has 0 bridgehead atoms. The molecule has 0 radical (unpaired) electrons. The molecular formula is C20H25N3O5. The number of ether oxygens (including phenoxy) is 1. The number of benzene rings is 1. The Labute approximate surface area is 163 Å². The molecule has 1 fully saturated rings. The van der Waals surface area contributed by atoms with E-state index in [1.165, 1.54) is 4.90 Å². The number of rotatable bonds is 7. The summed E-state index contributed by atoms with van der Waals surface area (Å²) in [6.07, 6.45) is 1.73. The Kier molecular flexibility index (Phi) is 6.28. The number of hydrogen-bond donors (Lipinski definition) is 1. The van der Waals surface area contributed by atoms with E-state index >= 15 is 0 Å². The number of hydrogen-bond acceptors (Lipinski definition) is 6. The number of aromatic nitrogens is 2. The summed E-state index contributed by atoms with van der Waals surface area (Å²) in [4.78, 5) is 29.8. The molecule has 1 aromatic heterocycles. The van der Waals surface area contributed by atoms with Gasteiger partial charge in [-0.05, 0) is 49.9 Å². The molecule has 1 saturated heterocycles. The predicted octanol–water partition coefficient (Wildman–Crippen LogP) is 2.78. The Morgan fingerprint density at radius 3 is 2.75 bits per heavy atom. The van der Waals surface area contributed by atoms with Gasteiger partial charge in [0, 0.05) is 24.9 Å². The van der Waals surface area contributed by atoms with Crippen LogP contribution < -0.4 is 4.74 Å². The summed E-state index contributed by atoms with van der Waals surface area (Å²) in [6, 6.07) is 6.61. The molecule has 28 heavy (non-hydrogen) atoms. The number of piperidine rings is 1. The van der Waals surface area contributed by atoms with Crippen LogP contribution in [0.25, 0.3) is 11.4 Å². The van der Waals surface area contributed by atoms with Crippen LogP contribution in [0.2, 0.25) is 0 Å². The fraction of sp³-hybridized carbons (Fsp3) is 0.500. The highest BCUT2D eigenvalue weighted by atomic mass is 16.5. The summed E-state index contributed by atoms with van der Waals surface area (Å²) in [7, 11) is 0. The highest BCUT2D eigenvalue weighted by molar-refractivity contribution is 5.84. The molecule has 1 N–H and O–H groups in total. The number of carboxylic acids is 1. The number of likely N-dealkylation sites (tertiary alicyclic amines) is 1. The van der Waals surface area contributed by atoms with E-state index in [1.807, 2.05) is 38.1 Å². The maximum atomic E-state index is 12.5. The molecule has 1 aliphatic rings. The molecule has 1 aromatic carbocycles. The maximum absolute atomic E-state index is 12.5. The van der Waals surface area contributed by atoms with Crippen molar-refractivity contribution >= 4 is 11.9 Å². The zero-order valence-electron chi connectivity index (χ0n) is 16.1. The summed E-state index contributed by atoms with van der Waals surface area (Å²) in [6.45, 7) is 5.00. The molecule has 0 saturated carbocycles. The summed E-state index contributed by atoms with van der Waals surface area (Å²) < 4.78 is 10.7. The normalized spacial score (nSPS) is 19.4.